The van der Waals surface area contributed by atoms with Gasteiger partial charge in [0.15, 0.2) is 0 Å². The van der Waals surface area contributed by atoms with Crippen LogP contribution in [0.5, 0.6) is 0 Å². The van der Waals surface area contributed by atoms with Crippen molar-refractivity contribution in [1.29, 1.82) is 0 Å². The van der Waals surface area contributed by atoms with Gasteiger partial charge < -0.3 is 5.11 Å². The van der Waals surface area contributed by atoms with Crippen molar-refractivity contribution in [1.82, 2.24) is 0 Å². The minimum atomic E-state index is -0.520. The highest BCUT2D eigenvalue weighted by molar-refractivity contribution is 5.34. The average Bonchev–Trinajstić information content (AvgIpc) is 2.38. The van der Waals surface area contributed by atoms with Crippen molar-refractivity contribution in [2.24, 2.45) is 5.41 Å². The minimum absolute atomic E-state index is 0.228. The van der Waals surface area contributed by atoms with Gasteiger partial charge in [0.05, 0.1) is 6.10 Å². The van der Waals surface area contributed by atoms with E-state index in [0.717, 1.165) is 5.56 Å². The molecule has 1 N–H and O–H groups in total. The molecule has 1 heteroatoms. The SMILES string of the molecule is CC1=C(C=CC(O)c2ccc(C)cc2)C(C)(C)CCC1. The smallest absolute Gasteiger partial charge is 0.0974 e. The molecule has 1 unspecified atom stereocenters. The Morgan fingerprint density at radius 1 is 1.15 bits per heavy atom. The van der Waals surface area contributed by atoms with Gasteiger partial charge in [-0.2, -0.15) is 0 Å². The number of hydrogen-bond acceptors (Lipinski definition) is 1. The Kier molecular flexibility index (Phi) is 4.49. The highest BCUT2D eigenvalue weighted by Crippen LogP contribution is 2.41. The van der Waals surface area contributed by atoms with Crippen LogP contribution in [0.3, 0.4) is 0 Å². The van der Waals surface area contributed by atoms with Crippen LogP contribution in [-0.4, -0.2) is 5.11 Å². The topological polar surface area (TPSA) is 20.2 Å². The summed E-state index contributed by atoms with van der Waals surface area (Å²) in [5.74, 6) is 0. The lowest BCUT2D eigenvalue weighted by atomic mass is 9.72. The number of rotatable bonds is 3. The molecule has 0 fully saturated rings. The third kappa shape index (κ3) is 3.40. The zero-order chi connectivity index (χ0) is 14.8. The van der Waals surface area contributed by atoms with Crippen molar-refractivity contribution in [3.63, 3.8) is 0 Å². The van der Waals surface area contributed by atoms with Gasteiger partial charge in [-0.1, -0.05) is 61.4 Å². The summed E-state index contributed by atoms with van der Waals surface area (Å²) < 4.78 is 0. The van der Waals surface area contributed by atoms with E-state index in [-0.39, 0.29) is 5.41 Å². The third-order valence-corrected chi connectivity index (χ3v) is 4.41. The van der Waals surface area contributed by atoms with Crippen LogP contribution in [0.4, 0.5) is 0 Å². The fraction of sp³-hybridized carbons (Fsp3) is 0.474. The lowest BCUT2D eigenvalue weighted by molar-refractivity contribution is 0.228. The molecular formula is C19H26O. The van der Waals surface area contributed by atoms with Crippen LogP contribution in [-0.2, 0) is 0 Å². The molecule has 0 spiro atoms. The molecule has 0 bridgehead atoms. The molecule has 0 aliphatic heterocycles. The fourth-order valence-electron chi connectivity index (χ4n) is 3.07. The van der Waals surface area contributed by atoms with Crippen molar-refractivity contribution in [2.45, 2.75) is 53.1 Å². The predicted molar refractivity (Wildman–Crippen MR) is 85.6 cm³/mol. The molecular weight excluding hydrogens is 244 g/mol. The monoisotopic (exact) mass is 270 g/mol. The van der Waals surface area contributed by atoms with E-state index in [2.05, 4.69) is 33.8 Å². The summed E-state index contributed by atoms with van der Waals surface area (Å²) in [6, 6.07) is 8.08. The van der Waals surface area contributed by atoms with Crippen LogP contribution in [0.2, 0.25) is 0 Å². The molecule has 0 heterocycles. The van der Waals surface area contributed by atoms with Crippen LogP contribution in [0.1, 0.15) is 57.3 Å². The van der Waals surface area contributed by atoms with Crippen molar-refractivity contribution in [3.05, 3.63) is 58.7 Å². The van der Waals surface area contributed by atoms with E-state index in [1.54, 1.807) is 0 Å². The lowest BCUT2D eigenvalue weighted by Gasteiger charge is -2.33. The molecule has 2 rings (SSSR count). The zero-order valence-corrected chi connectivity index (χ0v) is 13.1. The van der Waals surface area contributed by atoms with Gasteiger partial charge in [0, 0.05) is 0 Å². The van der Waals surface area contributed by atoms with E-state index < -0.39 is 6.10 Å². The van der Waals surface area contributed by atoms with E-state index in [1.165, 1.54) is 36.0 Å². The van der Waals surface area contributed by atoms with Crippen molar-refractivity contribution in [3.8, 4) is 0 Å². The first-order valence-electron chi connectivity index (χ1n) is 7.53. The first-order chi connectivity index (χ1) is 9.40. The largest absolute Gasteiger partial charge is 0.384 e. The van der Waals surface area contributed by atoms with Crippen LogP contribution in [0.25, 0.3) is 0 Å². The van der Waals surface area contributed by atoms with Gasteiger partial charge in [0.2, 0.25) is 0 Å². The number of benzene rings is 1. The molecule has 20 heavy (non-hydrogen) atoms. The van der Waals surface area contributed by atoms with Gasteiger partial charge in [-0.05, 0) is 49.7 Å². The molecule has 0 saturated carbocycles. The van der Waals surface area contributed by atoms with Crippen LogP contribution in [0, 0.1) is 12.3 Å². The molecule has 1 aromatic carbocycles. The molecule has 1 aliphatic rings. The molecule has 1 atom stereocenters. The van der Waals surface area contributed by atoms with Gasteiger partial charge >= 0.3 is 0 Å². The van der Waals surface area contributed by atoms with E-state index in [4.69, 9.17) is 0 Å². The fourth-order valence-corrected chi connectivity index (χ4v) is 3.07. The Balaban J connectivity index is 2.18. The Morgan fingerprint density at radius 3 is 2.40 bits per heavy atom. The molecule has 0 saturated heterocycles. The van der Waals surface area contributed by atoms with E-state index in [1.807, 2.05) is 30.3 Å². The van der Waals surface area contributed by atoms with Gasteiger partial charge in [-0.15, -0.1) is 0 Å². The minimum Gasteiger partial charge on any atom is -0.384 e. The first kappa shape index (κ1) is 15.1. The second kappa shape index (κ2) is 5.97. The summed E-state index contributed by atoms with van der Waals surface area (Å²) in [5.41, 5.74) is 5.27. The second-order valence-electron chi connectivity index (χ2n) is 6.65. The van der Waals surface area contributed by atoms with Crippen LogP contribution < -0.4 is 0 Å². The number of allylic oxidation sites excluding steroid dienone is 3. The van der Waals surface area contributed by atoms with E-state index in [9.17, 15) is 5.11 Å². The summed E-state index contributed by atoms with van der Waals surface area (Å²) in [6.45, 7) is 8.88. The Bertz CT molecular complexity index is 517. The van der Waals surface area contributed by atoms with Crippen molar-refractivity contribution < 1.29 is 5.11 Å². The lowest BCUT2D eigenvalue weighted by Crippen LogP contribution is -2.19. The second-order valence-corrected chi connectivity index (χ2v) is 6.65. The number of aliphatic hydroxyl groups is 1. The number of aliphatic hydroxyl groups excluding tert-OH is 1. The average molecular weight is 270 g/mol. The Hall–Kier alpha value is -1.34. The highest BCUT2D eigenvalue weighted by atomic mass is 16.3. The summed E-state index contributed by atoms with van der Waals surface area (Å²) in [6.07, 6.45) is 7.23. The van der Waals surface area contributed by atoms with Gasteiger partial charge in [0.25, 0.3) is 0 Å². The molecule has 0 aromatic heterocycles. The summed E-state index contributed by atoms with van der Waals surface area (Å²) in [4.78, 5) is 0. The summed E-state index contributed by atoms with van der Waals surface area (Å²) >= 11 is 0. The maximum Gasteiger partial charge on any atom is 0.0974 e. The Morgan fingerprint density at radius 2 is 1.80 bits per heavy atom. The van der Waals surface area contributed by atoms with Crippen molar-refractivity contribution >= 4 is 0 Å². The standard InChI is InChI=1S/C19H26O/c1-14-7-9-16(10-8-14)18(20)12-11-17-15(2)6-5-13-19(17,3)4/h7-12,18,20H,5-6,13H2,1-4H3. The molecule has 1 nitrogen and oxygen atoms in total. The van der Waals surface area contributed by atoms with Crippen LogP contribution in [0.15, 0.2) is 47.6 Å². The maximum absolute atomic E-state index is 10.3. The van der Waals surface area contributed by atoms with Gasteiger partial charge in [-0.3, -0.25) is 0 Å². The van der Waals surface area contributed by atoms with Gasteiger partial charge in [0.1, 0.15) is 0 Å². The quantitative estimate of drug-likeness (QED) is 0.809. The number of aryl methyl sites for hydroxylation is 1. The Labute approximate surface area is 123 Å². The zero-order valence-electron chi connectivity index (χ0n) is 13.1. The van der Waals surface area contributed by atoms with Crippen LogP contribution >= 0.6 is 0 Å². The van der Waals surface area contributed by atoms with Crippen molar-refractivity contribution in [2.75, 3.05) is 0 Å². The van der Waals surface area contributed by atoms with E-state index in [0.29, 0.717) is 0 Å². The third-order valence-electron chi connectivity index (χ3n) is 4.41. The summed E-state index contributed by atoms with van der Waals surface area (Å²) in [7, 11) is 0. The highest BCUT2D eigenvalue weighted by Gasteiger charge is 2.26. The molecule has 1 aromatic rings. The normalized spacial score (nSPS) is 20.4. The maximum atomic E-state index is 10.3. The van der Waals surface area contributed by atoms with Gasteiger partial charge in [-0.25, -0.2) is 0 Å². The number of hydrogen-bond donors (Lipinski definition) is 1. The predicted octanol–water partition coefficient (Wildman–Crippen LogP) is 5.11. The summed E-state index contributed by atoms with van der Waals surface area (Å²) in [5, 5.41) is 10.3. The molecule has 108 valence electrons. The molecule has 0 radical (unpaired) electrons. The molecule has 1 aliphatic carbocycles. The first-order valence-corrected chi connectivity index (χ1v) is 7.53. The molecule has 0 amide bonds. The van der Waals surface area contributed by atoms with E-state index >= 15 is 0 Å².